The summed E-state index contributed by atoms with van der Waals surface area (Å²) < 4.78 is 68.5. The topological polar surface area (TPSA) is 237 Å². The lowest BCUT2D eigenvalue weighted by molar-refractivity contribution is -0.161. The van der Waals surface area contributed by atoms with Crippen molar-refractivity contribution in [3.8, 4) is 0 Å². The Morgan fingerprint density at radius 3 is 0.821 bits per heavy atom. The van der Waals surface area contributed by atoms with E-state index < -0.39 is 97.5 Å². The van der Waals surface area contributed by atoms with Crippen molar-refractivity contribution < 1.29 is 80.2 Å². The second-order valence-corrected chi connectivity index (χ2v) is 30.3. The van der Waals surface area contributed by atoms with Gasteiger partial charge in [-0.2, -0.15) is 0 Å². The van der Waals surface area contributed by atoms with Crippen LogP contribution >= 0.6 is 15.6 Å². The lowest BCUT2D eigenvalue weighted by atomic mass is 10.0. The van der Waals surface area contributed by atoms with Gasteiger partial charge in [0.2, 0.25) is 0 Å². The minimum atomic E-state index is -5.02. The number of carbonyl (C=O) groups excluding carboxylic acids is 4. The molecular weight excluding hydrogens is 1380 g/mol. The van der Waals surface area contributed by atoms with Crippen LogP contribution in [0, 0.1) is 0 Å². The molecule has 0 amide bonds. The Labute approximate surface area is 644 Å². The van der Waals surface area contributed by atoms with Gasteiger partial charge in [0, 0.05) is 25.7 Å². The maximum Gasteiger partial charge on any atom is 0.472 e. The van der Waals surface area contributed by atoms with E-state index in [1.54, 1.807) is 0 Å². The maximum absolute atomic E-state index is 13.1. The fraction of sp³-hybridized carbons (Fsp3) is 0.701. The highest BCUT2D eigenvalue weighted by atomic mass is 31.2. The first-order chi connectivity index (χ1) is 51.7. The van der Waals surface area contributed by atoms with E-state index in [1.165, 1.54) is 135 Å². The molecule has 0 saturated heterocycles. The number of hydrogen-bond donors (Lipinski definition) is 3. The number of ether oxygens (including phenoxy) is 4. The van der Waals surface area contributed by atoms with E-state index in [-0.39, 0.29) is 25.7 Å². The van der Waals surface area contributed by atoms with Gasteiger partial charge >= 0.3 is 39.5 Å². The number of esters is 4. The Hall–Kier alpha value is -4.80. The molecule has 5 atom stereocenters. The van der Waals surface area contributed by atoms with Crippen LogP contribution in [0.1, 0.15) is 336 Å². The van der Waals surface area contributed by atoms with E-state index in [2.05, 4.69) is 125 Å². The van der Waals surface area contributed by atoms with Crippen molar-refractivity contribution in [3.05, 3.63) is 134 Å². The highest BCUT2D eigenvalue weighted by Crippen LogP contribution is 2.45. The number of phosphoric acid groups is 2. The van der Waals surface area contributed by atoms with Crippen LogP contribution in [-0.2, 0) is 65.4 Å². The summed E-state index contributed by atoms with van der Waals surface area (Å²) in [5.74, 6) is -2.37. The molecule has 0 saturated carbocycles. The van der Waals surface area contributed by atoms with Gasteiger partial charge < -0.3 is 33.8 Å². The van der Waals surface area contributed by atoms with Crippen molar-refractivity contribution in [2.75, 3.05) is 39.6 Å². The monoisotopic (exact) mass is 1530 g/mol. The van der Waals surface area contributed by atoms with Crippen molar-refractivity contribution in [3.63, 3.8) is 0 Å². The van der Waals surface area contributed by atoms with Crippen molar-refractivity contribution in [1.82, 2.24) is 0 Å². The van der Waals surface area contributed by atoms with Crippen molar-refractivity contribution in [1.29, 1.82) is 0 Å². The van der Waals surface area contributed by atoms with Gasteiger partial charge in [0.1, 0.15) is 19.3 Å². The smallest absolute Gasteiger partial charge is 0.462 e. The fourth-order valence-electron chi connectivity index (χ4n) is 10.8. The molecule has 17 nitrogen and oxygen atoms in total. The van der Waals surface area contributed by atoms with Crippen molar-refractivity contribution in [2.45, 2.75) is 354 Å². The Balaban J connectivity index is 5.49. The zero-order valence-corrected chi connectivity index (χ0v) is 68.4. The standard InChI is InChI=1S/C87H148O17P2/c1-5-9-13-17-21-25-29-33-36-38-40-42-45-49-52-56-60-64-68-72-85(90)98-78-83(104-87(92)74-70-66-62-58-54-50-46-43-41-39-37-34-30-26-22-18-14-10-6-2)80-102-106(95,96)100-76-81(88)75-99-105(93,94)101-79-82(103-86(91)73-69-65-61-57-53-47-32-28-24-20-16-12-8-4)77-97-84(89)71-67-63-59-55-51-48-44-35-31-27-23-19-15-11-7-3/h21-22,25-26,28,32-34,36-37,40-43,49-50,52,54,60,62,64,66,81-83,88H,5-20,23-24,27,29-31,35,38-39,44-48,51,53,55-59,61,63,65,67-80H2,1-4H3,(H,93,94)(H,95,96)/b25-21-,26-22-,32-28-,36-33-,37-34-,42-40-,43-41-,52-49-,54-50-,64-60-,66-62-/t81-,82+,83+/m0/s1. The molecule has 0 radical (unpaired) electrons. The lowest BCUT2D eigenvalue weighted by Gasteiger charge is -2.21. The van der Waals surface area contributed by atoms with Crippen LogP contribution in [0.5, 0.6) is 0 Å². The summed E-state index contributed by atoms with van der Waals surface area (Å²) in [5, 5.41) is 10.6. The molecule has 0 spiro atoms. The molecule has 0 heterocycles. The molecule has 0 aromatic rings. The van der Waals surface area contributed by atoms with Crippen LogP contribution in [0.15, 0.2) is 134 Å². The van der Waals surface area contributed by atoms with Gasteiger partial charge in [-0.05, 0) is 128 Å². The number of aliphatic hydroxyl groups is 1. The number of rotatable bonds is 77. The van der Waals surface area contributed by atoms with Crippen molar-refractivity contribution >= 4 is 39.5 Å². The molecule has 3 N–H and O–H groups in total. The summed E-state index contributed by atoms with van der Waals surface area (Å²) in [6, 6.07) is 0. The number of carbonyl (C=O) groups is 4. The quantitative estimate of drug-likeness (QED) is 0.0169. The number of hydrogen-bond acceptors (Lipinski definition) is 15. The first-order valence-electron chi connectivity index (χ1n) is 41.4. The Morgan fingerprint density at radius 2 is 0.481 bits per heavy atom. The zero-order chi connectivity index (χ0) is 77.4. The Bertz CT molecular complexity index is 2530. The summed E-state index contributed by atoms with van der Waals surface area (Å²) in [5.41, 5.74) is 0. The number of phosphoric ester groups is 2. The van der Waals surface area contributed by atoms with Gasteiger partial charge in [-0.25, -0.2) is 9.13 Å². The predicted octanol–water partition coefficient (Wildman–Crippen LogP) is 24.4. The van der Waals surface area contributed by atoms with E-state index >= 15 is 0 Å². The summed E-state index contributed by atoms with van der Waals surface area (Å²) in [4.78, 5) is 73.0. The van der Waals surface area contributed by atoms with E-state index in [4.69, 9.17) is 37.0 Å². The second-order valence-electron chi connectivity index (χ2n) is 27.4. The van der Waals surface area contributed by atoms with E-state index in [1.807, 2.05) is 36.5 Å². The van der Waals surface area contributed by atoms with Gasteiger partial charge in [0.15, 0.2) is 12.2 Å². The van der Waals surface area contributed by atoms with E-state index in [0.717, 1.165) is 109 Å². The van der Waals surface area contributed by atoms with Crippen LogP contribution in [0.4, 0.5) is 0 Å². The largest absolute Gasteiger partial charge is 0.472 e. The fourth-order valence-corrected chi connectivity index (χ4v) is 12.3. The third-order valence-electron chi connectivity index (χ3n) is 17.1. The first-order valence-corrected chi connectivity index (χ1v) is 44.4. The zero-order valence-electron chi connectivity index (χ0n) is 66.6. The average molecular weight is 1530 g/mol. The molecule has 0 aromatic heterocycles. The number of aliphatic hydroxyl groups excluding tert-OH is 1. The molecule has 0 aliphatic carbocycles. The molecule has 608 valence electrons. The second kappa shape index (κ2) is 78.3. The molecule has 2 unspecified atom stereocenters. The maximum atomic E-state index is 13.1. The first kappa shape index (κ1) is 101. The van der Waals surface area contributed by atoms with Gasteiger partial charge in [0.25, 0.3) is 0 Å². The van der Waals surface area contributed by atoms with Crippen LogP contribution in [0.2, 0.25) is 0 Å². The van der Waals surface area contributed by atoms with Gasteiger partial charge in [-0.3, -0.25) is 37.3 Å². The molecule has 19 heteroatoms. The van der Waals surface area contributed by atoms with E-state index in [9.17, 15) is 43.2 Å². The third kappa shape index (κ3) is 77.4. The van der Waals surface area contributed by atoms with Crippen LogP contribution < -0.4 is 0 Å². The van der Waals surface area contributed by atoms with Crippen LogP contribution in [0.3, 0.4) is 0 Å². The normalized spacial score (nSPS) is 14.5. The third-order valence-corrected chi connectivity index (χ3v) is 19.0. The molecular formula is C87H148O17P2. The molecule has 0 bridgehead atoms. The average Bonchev–Trinajstić information content (AvgIpc) is 0.903. The molecule has 0 aromatic carbocycles. The van der Waals surface area contributed by atoms with Gasteiger partial charge in [0.05, 0.1) is 26.4 Å². The summed E-state index contributed by atoms with van der Waals surface area (Å²) >= 11 is 0. The van der Waals surface area contributed by atoms with Crippen molar-refractivity contribution in [2.24, 2.45) is 0 Å². The number of allylic oxidation sites excluding steroid dienone is 22. The minimum absolute atomic E-state index is 0.0194. The summed E-state index contributed by atoms with van der Waals surface area (Å²) in [6.45, 7) is 4.65. The van der Waals surface area contributed by atoms with Gasteiger partial charge in [-0.15, -0.1) is 0 Å². The van der Waals surface area contributed by atoms with Crippen LogP contribution in [-0.4, -0.2) is 96.7 Å². The lowest BCUT2D eigenvalue weighted by Crippen LogP contribution is -2.30. The molecule has 106 heavy (non-hydrogen) atoms. The highest BCUT2D eigenvalue weighted by molar-refractivity contribution is 7.47. The SMILES string of the molecule is CCCCC/C=C\C/C=C\C/C=C\C/C=C\C/C=C\CCC(=O)OC[C@H](COP(=O)(O)OC[C@@H](O)COP(=O)(O)OC[C@@H](COC(=O)CCCCCCCCCCCCCCCCC)OC(=O)CCCCCCC/C=C\CCCCCC)OC(=O)CC/C=C\C/C=C\C/C=C\C/C=C\C/C=C\CCCCC. The van der Waals surface area contributed by atoms with Crippen LogP contribution in [0.25, 0.3) is 0 Å². The molecule has 0 aliphatic heterocycles. The molecule has 0 rings (SSSR count). The minimum Gasteiger partial charge on any atom is -0.462 e. The van der Waals surface area contributed by atoms with Gasteiger partial charge in [-0.1, -0.05) is 315 Å². The predicted molar refractivity (Wildman–Crippen MR) is 436 cm³/mol. The molecule has 0 fully saturated rings. The summed E-state index contributed by atoms with van der Waals surface area (Å²) in [6.07, 6.45) is 88.8. The Kier molecular flexibility index (Phi) is 74.8. The number of unbranched alkanes of at least 4 members (excludes halogenated alkanes) is 29. The van der Waals surface area contributed by atoms with E-state index in [0.29, 0.717) is 38.5 Å². The highest BCUT2D eigenvalue weighted by Gasteiger charge is 2.30. The summed E-state index contributed by atoms with van der Waals surface area (Å²) in [7, 11) is -10.0. The molecule has 0 aliphatic rings. The Morgan fingerprint density at radius 1 is 0.264 bits per heavy atom.